The van der Waals surface area contributed by atoms with Crippen molar-refractivity contribution in [2.24, 2.45) is 5.92 Å². The van der Waals surface area contributed by atoms with E-state index in [4.69, 9.17) is 4.74 Å². The monoisotopic (exact) mass is 424 g/mol. The van der Waals surface area contributed by atoms with Gasteiger partial charge < -0.3 is 14.5 Å². The van der Waals surface area contributed by atoms with Gasteiger partial charge in [-0.1, -0.05) is 12.1 Å². The lowest BCUT2D eigenvalue weighted by atomic mass is 9.98. The van der Waals surface area contributed by atoms with E-state index in [0.29, 0.717) is 31.0 Å². The third kappa shape index (κ3) is 5.24. The van der Waals surface area contributed by atoms with Gasteiger partial charge in [0.15, 0.2) is 0 Å². The summed E-state index contributed by atoms with van der Waals surface area (Å²) in [7, 11) is 0. The van der Waals surface area contributed by atoms with Crippen molar-refractivity contribution >= 4 is 11.8 Å². The molecule has 6 heteroatoms. The maximum atomic E-state index is 14.0. The fourth-order valence-electron chi connectivity index (χ4n) is 4.38. The van der Waals surface area contributed by atoms with Gasteiger partial charge in [0.25, 0.3) is 11.8 Å². The summed E-state index contributed by atoms with van der Waals surface area (Å²) in [5.41, 5.74) is 0.812. The zero-order valence-corrected chi connectivity index (χ0v) is 17.8. The molecule has 0 aromatic heterocycles. The molecule has 0 saturated carbocycles. The summed E-state index contributed by atoms with van der Waals surface area (Å²) < 4.78 is 19.9. The second kappa shape index (κ2) is 9.94. The molecule has 0 bridgehead atoms. The summed E-state index contributed by atoms with van der Waals surface area (Å²) in [5, 5.41) is 0. The minimum atomic E-state index is -0.481. The predicted molar refractivity (Wildman–Crippen MR) is 117 cm³/mol. The normalized spacial score (nSPS) is 19.2. The van der Waals surface area contributed by atoms with Crippen molar-refractivity contribution in [3.63, 3.8) is 0 Å². The lowest BCUT2D eigenvalue weighted by Gasteiger charge is -2.32. The van der Waals surface area contributed by atoms with Crippen LogP contribution in [0.4, 0.5) is 4.39 Å². The summed E-state index contributed by atoms with van der Waals surface area (Å²) in [6.45, 7) is 3.35. The maximum absolute atomic E-state index is 14.0. The van der Waals surface area contributed by atoms with Gasteiger partial charge in [-0.25, -0.2) is 4.39 Å². The van der Waals surface area contributed by atoms with Gasteiger partial charge in [-0.3, -0.25) is 9.59 Å². The zero-order valence-electron chi connectivity index (χ0n) is 17.8. The molecule has 164 valence electrons. The molecule has 5 nitrogen and oxygen atoms in total. The first-order valence-corrected chi connectivity index (χ1v) is 11.2. The van der Waals surface area contributed by atoms with Crippen LogP contribution in [0, 0.1) is 11.7 Å². The number of nitrogens with zero attached hydrogens (tertiary/aromatic N) is 2. The smallest absolute Gasteiger partial charge is 0.256 e. The van der Waals surface area contributed by atoms with Crippen molar-refractivity contribution in [2.75, 3.05) is 32.8 Å². The number of halogens is 1. The number of amides is 2. The zero-order chi connectivity index (χ0) is 21.6. The van der Waals surface area contributed by atoms with Crippen molar-refractivity contribution in [1.29, 1.82) is 0 Å². The van der Waals surface area contributed by atoms with Crippen molar-refractivity contribution in [1.82, 2.24) is 9.80 Å². The van der Waals surface area contributed by atoms with Crippen LogP contribution in [-0.2, 0) is 0 Å². The molecule has 0 radical (unpaired) electrons. The van der Waals surface area contributed by atoms with Crippen LogP contribution in [-0.4, -0.2) is 54.4 Å². The fraction of sp³-hybridized carbons (Fsp3) is 0.440. The SMILES string of the molecule is O=C(c1ccc(OC[C@H]2CCCN(C(=O)c3ccccc3F)C2)cc1)N1CCCCC1. The fourth-order valence-corrected chi connectivity index (χ4v) is 4.38. The van der Waals surface area contributed by atoms with Crippen molar-refractivity contribution < 1.29 is 18.7 Å². The molecule has 2 amide bonds. The Bertz CT molecular complexity index is 909. The van der Waals surface area contributed by atoms with E-state index < -0.39 is 5.82 Å². The lowest BCUT2D eigenvalue weighted by Crippen LogP contribution is -2.41. The Labute approximate surface area is 182 Å². The van der Waals surface area contributed by atoms with Gasteiger partial charge in [-0.2, -0.15) is 0 Å². The Hall–Kier alpha value is -2.89. The van der Waals surface area contributed by atoms with Crippen LogP contribution in [0.25, 0.3) is 0 Å². The number of piperidine rings is 2. The first-order valence-electron chi connectivity index (χ1n) is 11.2. The number of hydrogen-bond acceptors (Lipinski definition) is 3. The van der Waals surface area contributed by atoms with E-state index in [1.54, 1.807) is 17.0 Å². The molecule has 2 aliphatic rings. The van der Waals surface area contributed by atoms with E-state index in [1.807, 2.05) is 29.2 Å². The summed E-state index contributed by atoms with van der Waals surface area (Å²) >= 11 is 0. The second-order valence-corrected chi connectivity index (χ2v) is 8.43. The van der Waals surface area contributed by atoms with Crippen LogP contribution in [0.3, 0.4) is 0 Å². The van der Waals surface area contributed by atoms with Crippen molar-refractivity contribution in [3.8, 4) is 5.75 Å². The minimum Gasteiger partial charge on any atom is -0.493 e. The molecule has 0 unspecified atom stereocenters. The quantitative estimate of drug-likeness (QED) is 0.716. The molecule has 2 aliphatic heterocycles. The molecule has 0 aliphatic carbocycles. The molecule has 2 saturated heterocycles. The van der Waals surface area contributed by atoms with Gasteiger partial charge >= 0.3 is 0 Å². The van der Waals surface area contributed by atoms with E-state index in [0.717, 1.165) is 38.8 Å². The van der Waals surface area contributed by atoms with Gasteiger partial charge in [0.1, 0.15) is 11.6 Å². The molecule has 2 aromatic rings. The Morgan fingerprint density at radius 3 is 2.32 bits per heavy atom. The molecular weight excluding hydrogens is 395 g/mol. The molecule has 31 heavy (non-hydrogen) atoms. The van der Waals surface area contributed by atoms with E-state index >= 15 is 0 Å². The first-order chi connectivity index (χ1) is 15.1. The summed E-state index contributed by atoms with van der Waals surface area (Å²) in [5.74, 6) is 0.251. The van der Waals surface area contributed by atoms with Crippen molar-refractivity contribution in [2.45, 2.75) is 32.1 Å². The second-order valence-electron chi connectivity index (χ2n) is 8.43. The highest BCUT2D eigenvalue weighted by Crippen LogP contribution is 2.22. The Morgan fingerprint density at radius 2 is 1.58 bits per heavy atom. The van der Waals surface area contributed by atoms with Crippen LogP contribution in [0.1, 0.15) is 52.8 Å². The molecule has 2 fully saturated rings. The van der Waals surface area contributed by atoms with Crippen LogP contribution < -0.4 is 4.74 Å². The number of rotatable bonds is 5. The Kier molecular flexibility index (Phi) is 6.85. The predicted octanol–water partition coefficient (Wildman–Crippen LogP) is 4.38. The highest BCUT2D eigenvalue weighted by atomic mass is 19.1. The molecule has 1 atom stereocenters. The standard InChI is InChI=1S/C25H29FN2O3/c26-23-9-3-2-8-22(23)25(30)28-16-6-7-19(17-28)18-31-21-12-10-20(11-13-21)24(29)27-14-4-1-5-15-27/h2-3,8-13,19H,1,4-7,14-18H2/t19-/m0/s1. The van der Waals surface area contributed by atoms with Gasteiger partial charge in [0.2, 0.25) is 0 Å². The Morgan fingerprint density at radius 1 is 0.871 bits per heavy atom. The van der Waals surface area contributed by atoms with Gasteiger partial charge in [0.05, 0.1) is 12.2 Å². The molecule has 0 N–H and O–H groups in total. The summed E-state index contributed by atoms with van der Waals surface area (Å²) in [6.07, 6.45) is 5.18. The summed E-state index contributed by atoms with van der Waals surface area (Å²) in [6, 6.07) is 13.4. The van der Waals surface area contributed by atoms with Crippen LogP contribution in [0.2, 0.25) is 0 Å². The highest BCUT2D eigenvalue weighted by molar-refractivity contribution is 5.95. The molecule has 4 rings (SSSR count). The average Bonchev–Trinajstić information content (AvgIpc) is 2.83. The van der Waals surface area contributed by atoms with E-state index in [9.17, 15) is 14.0 Å². The van der Waals surface area contributed by atoms with E-state index in [-0.39, 0.29) is 23.3 Å². The molecule has 0 spiro atoms. The average molecular weight is 425 g/mol. The highest BCUT2D eigenvalue weighted by Gasteiger charge is 2.26. The number of likely N-dealkylation sites (tertiary alicyclic amines) is 2. The topological polar surface area (TPSA) is 49.9 Å². The number of benzene rings is 2. The van der Waals surface area contributed by atoms with Crippen molar-refractivity contribution in [3.05, 3.63) is 65.5 Å². The van der Waals surface area contributed by atoms with Gasteiger partial charge in [-0.15, -0.1) is 0 Å². The van der Waals surface area contributed by atoms with Crippen LogP contribution >= 0.6 is 0 Å². The van der Waals surface area contributed by atoms with E-state index in [1.165, 1.54) is 18.6 Å². The lowest BCUT2D eigenvalue weighted by molar-refractivity contribution is 0.0628. The molecule has 2 heterocycles. The molecule has 2 aromatic carbocycles. The number of ether oxygens (including phenoxy) is 1. The minimum absolute atomic E-state index is 0.0841. The third-order valence-electron chi connectivity index (χ3n) is 6.14. The molecular formula is C25H29FN2O3. The third-order valence-corrected chi connectivity index (χ3v) is 6.14. The summed E-state index contributed by atoms with van der Waals surface area (Å²) in [4.78, 5) is 28.9. The van der Waals surface area contributed by atoms with Crippen LogP contribution in [0.5, 0.6) is 5.75 Å². The van der Waals surface area contributed by atoms with E-state index in [2.05, 4.69) is 0 Å². The number of carbonyl (C=O) groups is 2. The number of carbonyl (C=O) groups excluding carboxylic acids is 2. The van der Waals surface area contributed by atoms with Gasteiger partial charge in [0, 0.05) is 37.7 Å². The number of hydrogen-bond donors (Lipinski definition) is 0. The van der Waals surface area contributed by atoms with Crippen LogP contribution in [0.15, 0.2) is 48.5 Å². The largest absolute Gasteiger partial charge is 0.493 e. The first kappa shape index (κ1) is 21.3. The maximum Gasteiger partial charge on any atom is 0.256 e. The van der Waals surface area contributed by atoms with Gasteiger partial charge in [-0.05, 0) is 68.5 Å². The Balaban J connectivity index is 1.30.